The third-order valence-corrected chi connectivity index (χ3v) is 3.82. The molecule has 0 saturated carbocycles. The number of pyridine rings is 1. The molecule has 0 unspecified atom stereocenters. The van der Waals surface area contributed by atoms with Crippen LogP contribution < -0.4 is 5.56 Å². The Balaban J connectivity index is 2.33. The van der Waals surface area contributed by atoms with Gasteiger partial charge in [-0.1, -0.05) is 12.1 Å². The van der Waals surface area contributed by atoms with Gasteiger partial charge in [0, 0.05) is 30.0 Å². The van der Waals surface area contributed by atoms with Gasteiger partial charge in [0.1, 0.15) is 0 Å². The van der Waals surface area contributed by atoms with Gasteiger partial charge in [0.2, 0.25) is 0 Å². The predicted octanol–water partition coefficient (Wildman–Crippen LogP) is 1.29. The predicted molar refractivity (Wildman–Crippen MR) is 71.3 cm³/mol. The molecule has 2 rings (SSSR count). The van der Waals surface area contributed by atoms with E-state index in [1.54, 1.807) is 10.6 Å². The minimum absolute atomic E-state index is 0.0613. The van der Waals surface area contributed by atoms with Crippen molar-refractivity contribution in [1.29, 1.82) is 0 Å². The molecule has 0 aliphatic heterocycles. The average Bonchev–Trinajstić information content (AvgIpc) is 2.31. The third kappa shape index (κ3) is 3.10. The van der Waals surface area contributed by atoms with Crippen LogP contribution in [0, 0.1) is 0 Å². The summed E-state index contributed by atoms with van der Waals surface area (Å²) in [7, 11) is -3.12. The SMILES string of the molecule is CS(=O)(=O)/C=C/Cn1c2c(ccc1=O)CCCC2. The molecule has 98 valence electrons. The van der Waals surface area contributed by atoms with Gasteiger partial charge in [-0.25, -0.2) is 8.42 Å². The topological polar surface area (TPSA) is 56.1 Å². The van der Waals surface area contributed by atoms with E-state index in [0.29, 0.717) is 6.54 Å². The standard InChI is InChI=1S/C13H17NO3S/c1-18(16,17)10-4-9-14-12-6-3-2-5-11(12)7-8-13(14)15/h4,7-8,10H,2-3,5-6,9H2,1H3/b10-4+. The summed E-state index contributed by atoms with van der Waals surface area (Å²) in [5.74, 6) is 0. The Morgan fingerprint density at radius 1 is 1.28 bits per heavy atom. The number of nitrogens with zero attached hydrogens (tertiary/aromatic N) is 1. The molecule has 4 nitrogen and oxygen atoms in total. The molecule has 5 heteroatoms. The summed E-state index contributed by atoms with van der Waals surface area (Å²) in [5, 5.41) is 1.15. The number of fused-ring (bicyclic) bond motifs is 1. The average molecular weight is 267 g/mol. The zero-order valence-electron chi connectivity index (χ0n) is 10.4. The van der Waals surface area contributed by atoms with E-state index in [1.807, 2.05) is 6.07 Å². The van der Waals surface area contributed by atoms with Crippen molar-refractivity contribution in [2.45, 2.75) is 32.2 Å². The van der Waals surface area contributed by atoms with Crippen LogP contribution in [0.25, 0.3) is 0 Å². The van der Waals surface area contributed by atoms with Gasteiger partial charge in [0.25, 0.3) is 5.56 Å². The molecule has 1 heterocycles. The quantitative estimate of drug-likeness (QED) is 0.829. The van der Waals surface area contributed by atoms with Gasteiger partial charge in [0.15, 0.2) is 9.84 Å². The maximum absolute atomic E-state index is 11.8. The van der Waals surface area contributed by atoms with E-state index in [0.717, 1.165) is 43.0 Å². The maximum Gasteiger partial charge on any atom is 0.251 e. The Hall–Kier alpha value is -1.36. The second kappa shape index (κ2) is 5.10. The van der Waals surface area contributed by atoms with Crippen LogP contribution in [0.3, 0.4) is 0 Å². The molecule has 1 aromatic rings. The number of aromatic nitrogens is 1. The van der Waals surface area contributed by atoms with Crippen molar-refractivity contribution in [3.05, 3.63) is 45.2 Å². The minimum atomic E-state index is -3.12. The van der Waals surface area contributed by atoms with E-state index in [1.165, 1.54) is 11.6 Å². The van der Waals surface area contributed by atoms with Crippen LogP contribution in [0.2, 0.25) is 0 Å². The van der Waals surface area contributed by atoms with Gasteiger partial charge in [-0.15, -0.1) is 0 Å². The van der Waals surface area contributed by atoms with E-state index < -0.39 is 9.84 Å². The molecule has 0 fully saturated rings. The van der Waals surface area contributed by atoms with Crippen LogP contribution in [0.1, 0.15) is 24.1 Å². The molecule has 1 aromatic heterocycles. The summed E-state index contributed by atoms with van der Waals surface area (Å²) in [6.45, 7) is 0.328. The highest BCUT2D eigenvalue weighted by Gasteiger charge is 2.13. The first-order chi connectivity index (χ1) is 8.47. The number of allylic oxidation sites excluding steroid dienone is 1. The lowest BCUT2D eigenvalue weighted by atomic mass is 9.96. The lowest BCUT2D eigenvalue weighted by molar-refractivity contribution is 0.603. The number of rotatable bonds is 3. The van der Waals surface area contributed by atoms with Crippen molar-refractivity contribution in [3.63, 3.8) is 0 Å². The summed E-state index contributed by atoms with van der Waals surface area (Å²) < 4.78 is 23.7. The molecular weight excluding hydrogens is 250 g/mol. The molecular formula is C13H17NO3S. The first-order valence-corrected chi connectivity index (χ1v) is 8.01. The Labute approximate surface area is 107 Å². The highest BCUT2D eigenvalue weighted by molar-refractivity contribution is 7.93. The van der Waals surface area contributed by atoms with E-state index in [2.05, 4.69) is 0 Å². The van der Waals surface area contributed by atoms with Gasteiger partial charge in [0.05, 0.1) is 0 Å². The van der Waals surface area contributed by atoms with Gasteiger partial charge in [-0.3, -0.25) is 4.79 Å². The second-order valence-corrected chi connectivity index (χ2v) is 6.59. The molecule has 0 amide bonds. The summed E-state index contributed by atoms with van der Waals surface area (Å²) in [5.41, 5.74) is 2.22. The van der Waals surface area contributed by atoms with Gasteiger partial charge in [-0.2, -0.15) is 0 Å². The van der Waals surface area contributed by atoms with Crippen molar-refractivity contribution in [2.75, 3.05) is 6.26 Å². The molecule has 0 spiro atoms. The molecule has 1 aliphatic carbocycles. The molecule has 0 saturated heterocycles. The monoisotopic (exact) mass is 267 g/mol. The molecule has 0 aromatic carbocycles. The van der Waals surface area contributed by atoms with E-state index in [4.69, 9.17) is 0 Å². The fourth-order valence-corrected chi connectivity index (χ4v) is 2.75. The van der Waals surface area contributed by atoms with E-state index >= 15 is 0 Å². The van der Waals surface area contributed by atoms with Crippen LogP contribution >= 0.6 is 0 Å². The van der Waals surface area contributed by atoms with Gasteiger partial charge in [-0.05, 0) is 31.2 Å². The molecule has 0 N–H and O–H groups in total. The Morgan fingerprint density at radius 3 is 2.72 bits per heavy atom. The Bertz CT molecular complexity index is 626. The normalized spacial score (nSPS) is 15.8. The van der Waals surface area contributed by atoms with Crippen molar-refractivity contribution >= 4 is 9.84 Å². The highest BCUT2D eigenvalue weighted by Crippen LogP contribution is 2.19. The number of hydrogen-bond acceptors (Lipinski definition) is 3. The fraction of sp³-hybridized carbons (Fsp3) is 0.462. The number of sulfone groups is 1. The molecule has 1 aliphatic rings. The van der Waals surface area contributed by atoms with Crippen molar-refractivity contribution in [1.82, 2.24) is 4.57 Å². The molecule has 0 atom stereocenters. The summed E-state index contributed by atoms with van der Waals surface area (Å²) in [6.07, 6.45) is 6.83. The lowest BCUT2D eigenvalue weighted by Crippen LogP contribution is -2.25. The lowest BCUT2D eigenvalue weighted by Gasteiger charge is -2.19. The minimum Gasteiger partial charge on any atom is -0.309 e. The van der Waals surface area contributed by atoms with Crippen molar-refractivity contribution < 1.29 is 8.42 Å². The van der Waals surface area contributed by atoms with Gasteiger partial charge < -0.3 is 4.57 Å². The Morgan fingerprint density at radius 2 is 2.00 bits per heavy atom. The summed E-state index contributed by atoms with van der Waals surface area (Å²) >= 11 is 0. The van der Waals surface area contributed by atoms with E-state index in [9.17, 15) is 13.2 Å². The van der Waals surface area contributed by atoms with Crippen LogP contribution in [0.15, 0.2) is 28.4 Å². The fourth-order valence-electron chi connectivity index (χ4n) is 2.32. The third-order valence-electron chi connectivity index (χ3n) is 3.13. The zero-order valence-corrected chi connectivity index (χ0v) is 11.2. The molecule has 0 radical (unpaired) electrons. The Kier molecular flexibility index (Phi) is 3.71. The molecule has 0 bridgehead atoms. The number of aryl methyl sites for hydroxylation is 1. The van der Waals surface area contributed by atoms with Crippen molar-refractivity contribution in [3.8, 4) is 0 Å². The van der Waals surface area contributed by atoms with Crippen molar-refractivity contribution in [2.24, 2.45) is 0 Å². The summed E-state index contributed by atoms with van der Waals surface area (Å²) in [6, 6.07) is 3.46. The van der Waals surface area contributed by atoms with Crippen LogP contribution in [-0.2, 0) is 29.2 Å². The summed E-state index contributed by atoms with van der Waals surface area (Å²) in [4.78, 5) is 11.8. The zero-order chi connectivity index (χ0) is 13.2. The first kappa shape index (κ1) is 13.1. The largest absolute Gasteiger partial charge is 0.309 e. The highest BCUT2D eigenvalue weighted by atomic mass is 32.2. The van der Waals surface area contributed by atoms with E-state index in [-0.39, 0.29) is 5.56 Å². The maximum atomic E-state index is 11.8. The molecule has 18 heavy (non-hydrogen) atoms. The smallest absolute Gasteiger partial charge is 0.251 e. The van der Waals surface area contributed by atoms with Crippen LogP contribution in [-0.4, -0.2) is 19.2 Å². The van der Waals surface area contributed by atoms with Crippen LogP contribution in [0.5, 0.6) is 0 Å². The first-order valence-electron chi connectivity index (χ1n) is 6.05. The number of hydrogen-bond donors (Lipinski definition) is 0. The second-order valence-electron chi connectivity index (χ2n) is 4.66. The van der Waals surface area contributed by atoms with Gasteiger partial charge >= 0.3 is 0 Å². The van der Waals surface area contributed by atoms with Crippen LogP contribution in [0.4, 0.5) is 0 Å².